The van der Waals surface area contributed by atoms with E-state index in [1.54, 1.807) is 12.1 Å². The average Bonchev–Trinajstić information content (AvgIpc) is 2.43. The number of aromatic nitrogens is 1. The van der Waals surface area contributed by atoms with Crippen molar-refractivity contribution >= 4 is 23.4 Å². The number of hydrogen-bond donors (Lipinski definition) is 2. The highest BCUT2D eigenvalue weighted by Crippen LogP contribution is 2.19. The maximum Gasteiger partial charge on any atom is 0.356 e. The van der Waals surface area contributed by atoms with Crippen LogP contribution in [0.4, 0.5) is 5.82 Å². The number of carbonyl (C=O) groups is 1. The van der Waals surface area contributed by atoms with Gasteiger partial charge in [0, 0.05) is 19.1 Å². The summed E-state index contributed by atoms with van der Waals surface area (Å²) in [5, 5.41) is 12.5. The van der Waals surface area contributed by atoms with E-state index in [0.717, 1.165) is 32.5 Å². The fourth-order valence-electron chi connectivity index (χ4n) is 2.50. The maximum absolute atomic E-state index is 11.0. The molecule has 0 unspecified atom stereocenters. The van der Waals surface area contributed by atoms with Gasteiger partial charge in [0.15, 0.2) is 5.69 Å². The van der Waals surface area contributed by atoms with Gasteiger partial charge in [-0.1, -0.05) is 18.5 Å². The van der Waals surface area contributed by atoms with Gasteiger partial charge in [-0.05, 0) is 37.9 Å². The second-order valence-corrected chi connectivity index (χ2v) is 5.50. The molecule has 0 radical (unpaired) electrons. The fraction of sp³-hybridized carbons (Fsp3) is 0.571. The van der Waals surface area contributed by atoms with Crippen molar-refractivity contribution in [3.8, 4) is 0 Å². The largest absolute Gasteiger partial charge is 0.476 e. The molecule has 0 aliphatic carbocycles. The number of rotatable bonds is 5. The quantitative estimate of drug-likeness (QED) is 0.875. The van der Waals surface area contributed by atoms with Crippen molar-refractivity contribution < 1.29 is 9.90 Å². The minimum Gasteiger partial charge on any atom is -0.476 e. The van der Waals surface area contributed by atoms with Gasteiger partial charge in [0.2, 0.25) is 0 Å². The van der Waals surface area contributed by atoms with Crippen molar-refractivity contribution in [2.75, 3.05) is 25.0 Å². The lowest BCUT2D eigenvalue weighted by molar-refractivity contribution is 0.0691. The smallest absolute Gasteiger partial charge is 0.356 e. The van der Waals surface area contributed by atoms with Gasteiger partial charge in [-0.25, -0.2) is 9.78 Å². The molecular formula is C14H20ClN3O2. The first kappa shape index (κ1) is 15.1. The van der Waals surface area contributed by atoms with Crippen LogP contribution in [0.5, 0.6) is 0 Å². The molecule has 6 heteroatoms. The van der Waals surface area contributed by atoms with Crippen LogP contribution < -0.4 is 5.32 Å². The standard InChI is InChI=1S/C14H20ClN3O2/c1-2-7-18-8-5-10(6-9-18)16-12-4-3-11(15)13(17-12)14(19)20/h3-4,10H,2,5-9H2,1H3,(H,16,17)(H,19,20). The zero-order chi connectivity index (χ0) is 14.5. The van der Waals surface area contributed by atoms with E-state index >= 15 is 0 Å². The van der Waals surface area contributed by atoms with Crippen molar-refractivity contribution in [1.82, 2.24) is 9.88 Å². The van der Waals surface area contributed by atoms with Crippen LogP contribution in [0.1, 0.15) is 36.7 Å². The van der Waals surface area contributed by atoms with Gasteiger partial charge in [0.05, 0.1) is 5.02 Å². The molecule has 2 N–H and O–H groups in total. The first-order valence-corrected chi connectivity index (χ1v) is 7.36. The molecule has 0 spiro atoms. The van der Waals surface area contributed by atoms with E-state index in [9.17, 15) is 4.79 Å². The number of pyridine rings is 1. The summed E-state index contributed by atoms with van der Waals surface area (Å²) in [6.07, 6.45) is 3.28. The van der Waals surface area contributed by atoms with Crippen LogP contribution in [0.3, 0.4) is 0 Å². The Morgan fingerprint density at radius 1 is 1.50 bits per heavy atom. The van der Waals surface area contributed by atoms with Crippen molar-refractivity contribution in [3.63, 3.8) is 0 Å². The van der Waals surface area contributed by atoms with E-state index in [1.165, 1.54) is 6.42 Å². The highest BCUT2D eigenvalue weighted by molar-refractivity contribution is 6.33. The van der Waals surface area contributed by atoms with E-state index in [0.29, 0.717) is 11.9 Å². The second kappa shape index (κ2) is 6.90. The number of hydrogen-bond acceptors (Lipinski definition) is 4. The van der Waals surface area contributed by atoms with Gasteiger partial charge in [0.25, 0.3) is 0 Å². The Morgan fingerprint density at radius 3 is 2.80 bits per heavy atom. The Balaban J connectivity index is 1.94. The molecule has 1 aromatic rings. The van der Waals surface area contributed by atoms with Crippen LogP contribution in [0, 0.1) is 0 Å². The van der Waals surface area contributed by atoms with Gasteiger partial charge in [-0.15, -0.1) is 0 Å². The summed E-state index contributed by atoms with van der Waals surface area (Å²) in [6.45, 7) is 5.49. The van der Waals surface area contributed by atoms with Gasteiger partial charge in [-0.3, -0.25) is 0 Å². The molecule has 1 aliphatic rings. The fourth-order valence-corrected chi connectivity index (χ4v) is 2.68. The molecule has 0 saturated carbocycles. The van der Waals surface area contributed by atoms with Crippen molar-refractivity contribution in [1.29, 1.82) is 0 Å². The molecule has 0 bridgehead atoms. The number of piperidine rings is 1. The van der Waals surface area contributed by atoms with Crippen LogP contribution in [0.15, 0.2) is 12.1 Å². The number of anilines is 1. The molecule has 5 nitrogen and oxygen atoms in total. The molecule has 2 rings (SSSR count). The summed E-state index contributed by atoms with van der Waals surface area (Å²) >= 11 is 5.81. The van der Waals surface area contributed by atoms with E-state index in [1.807, 2.05) is 0 Å². The second-order valence-electron chi connectivity index (χ2n) is 5.09. The normalized spacial score (nSPS) is 17.1. The molecular weight excluding hydrogens is 278 g/mol. The first-order valence-electron chi connectivity index (χ1n) is 6.99. The summed E-state index contributed by atoms with van der Waals surface area (Å²) in [4.78, 5) is 17.5. The predicted octanol–water partition coefficient (Wildman–Crippen LogP) is 2.72. The zero-order valence-corrected chi connectivity index (χ0v) is 12.4. The Bertz CT molecular complexity index is 473. The number of halogens is 1. The Labute approximate surface area is 123 Å². The lowest BCUT2D eigenvalue weighted by Gasteiger charge is -2.32. The number of aromatic carboxylic acids is 1. The molecule has 2 heterocycles. The number of nitrogens with one attached hydrogen (secondary N) is 1. The SMILES string of the molecule is CCCN1CCC(Nc2ccc(Cl)c(C(=O)O)n2)CC1. The molecule has 110 valence electrons. The highest BCUT2D eigenvalue weighted by Gasteiger charge is 2.19. The van der Waals surface area contributed by atoms with Crippen LogP contribution >= 0.6 is 11.6 Å². The molecule has 0 atom stereocenters. The number of likely N-dealkylation sites (tertiary alicyclic amines) is 1. The predicted molar refractivity (Wildman–Crippen MR) is 79.6 cm³/mol. The van der Waals surface area contributed by atoms with Crippen molar-refractivity contribution in [3.05, 3.63) is 22.8 Å². The summed E-state index contributed by atoms with van der Waals surface area (Å²) < 4.78 is 0. The third-order valence-electron chi connectivity index (χ3n) is 3.53. The monoisotopic (exact) mass is 297 g/mol. The van der Waals surface area contributed by atoms with Crippen LogP contribution in [-0.4, -0.2) is 46.6 Å². The number of carboxylic acid groups (broad SMARTS) is 1. The van der Waals surface area contributed by atoms with Gasteiger partial charge < -0.3 is 15.3 Å². The lowest BCUT2D eigenvalue weighted by Crippen LogP contribution is -2.39. The summed E-state index contributed by atoms with van der Waals surface area (Å²) in [5.74, 6) is -0.517. The Morgan fingerprint density at radius 2 is 2.20 bits per heavy atom. The van der Waals surface area contributed by atoms with Crippen molar-refractivity contribution in [2.24, 2.45) is 0 Å². The van der Waals surface area contributed by atoms with Gasteiger partial charge in [-0.2, -0.15) is 0 Å². The lowest BCUT2D eigenvalue weighted by atomic mass is 10.0. The van der Waals surface area contributed by atoms with Crippen LogP contribution in [0.25, 0.3) is 0 Å². The van der Waals surface area contributed by atoms with E-state index in [-0.39, 0.29) is 10.7 Å². The third-order valence-corrected chi connectivity index (χ3v) is 3.83. The molecule has 1 saturated heterocycles. The summed E-state index contributed by atoms with van der Waals surface area (Å²) in [7, 11) is 0. The third kappa shape index (κ3) is 3.84. The van der Waals surface area contributed by atoms with Crippen LogP contribution in [-0.2, 0) is 0 Å². The van der Waals surface area contributed by atoms with Crippen LogP contribution in [0.2, 0.25) is 5.02 Å². The minimum atomic E-state index is -1.10. The highest BCUT2D eigenvalue weighted by atomic mass is 35.5. The maximum atomic E-state index is 11.0. The molecule has 20 heavy (non-hydrogen) atoms. The van der Waals surface area contributed by atoms with E-state index < -0.39 is 5.97 Å². The summed E-state index contributed by atoms with van der Waals surface area (Å²) in [6, 6.07) is 3.65. The molecule has 1 aromatic heterocycles. The molecule has 0 aromatic carbocycles. The van der Waals surface area contributed by atoms with Gasteiger partial charge in [0.1, 0.15) is 5.82 Å². The average molecular weight is 298 g/mol. The molecule has 0 amide bonds. The summed E-state index contributed by atoms with van der Waals surface area (Å²) in [5.41, 5.74) is -0.0971. The zero-order valence-electron chi connectivity index (χ0n) is 11.6. The number of carboxylic acids is 1. The van der Waals surface area contributed by atoms with Gasteiger partial charge >= 0.3 is 5.97 Å². The molecule has 1 fully saturated rings. The van der Waals surface area contributed by atoms with E-state index in [2.05, 4.69) is 22.1 Å². The Hall–Kier alpha value is -1.33. The van der Waals surface area contributed by atoms with Crippen molar-refractivity contribution in [2.45, 2.75) is 32.2 Å². The Kier molecular flexibility index (Phi) is 5.20. The number of nitrogens with zero attached hydrogens (tertiary/aromatic N) is 2. The first-order chi connectivity index (χ1) is 9.60. The minimum absolute atomic E-state index is 0.0971. The topological polar surface area (TPSA) is 65.5 Å². The van der Waals surface area contributed by atoms with E-state index in [4.69, 9.17) is 16.7 Å². The molecule has 1 aliphatic heterocycles.